The van der Waals surface area contributed by atoms with Crippen molar-refractivity contribution in [3.8, 4) is 23.0 Å². The average molecular weight is 317 g/mol. The van der Waals surface area contributed by atoms with Gasteiger partial charge in [-0.3, -0.25) is 4.79 Å². The van der Waals surface area contributed by atoms with Crippen LogP contribution in [0.15, 0.2) is 36.4 Å². The van der Waals surface area contributed by atoms with Crippen LogP contribution in [0.2, 0.25) is 0 Å². The summed E-state index contributed by atoms with van der Waals surface area (Å²) >= 11 is 0. The summed E-state index contributed by atoms with van der Waals surface area (Å²) in [4.78, 5) is 11.8. The number of aryl methyl sites for hydroxylation is 1. The van der Waals surface area contributed by atoms with Gasteiger partial charge < -0.3 is 25.7 Å². The minimum absolute atomic E-state index is 0.0185. The fourth-order valence-electron chi connectivity index (χ4n) is 2.29. The van der Waals surface area contributed by atoms with Crippen molar-refractivity contribution in [2.45, 2.75) is 19.3 Å². The predicted octanol–water partition coefficient (Wildman–Crippen LogP) is 1.80. The van der Waals surface area contributed by atoms with Crippen LogP contribution in [-0.2, 0) is 17.6 Å². The van der Waals surface area contributed by atoms with Gasteiger partial charge in [-0.15, -0.1) is 0 Å². The number of hydrogen-bond acceptors (Lipinski definition) is 5. The summed E-state index contributed by atoms with van der Waals surface area (Å²) in [6.45, 7) is 0.382. The SMILES string of the molecule is O=C(CCc1cc(O)cc(O)c1)NCCc1cc(O)cc(O)c1. The number of carbonyl (C=O) groups excluding carboxylic acids is 1. The van der Waals surface area contributed by atoms with Crippen LogP contribution in [0.25, 0.3) is 0 Å². The Labute approximate surface area is 133 Å². The van der Waals surface area contributed by atoms with Crippen molar-refractivity contribution in [2.24, 2.45) is 0 Å². The molecule has 0 atom stereocenters. The van der Waals surface area contributed by atoms with E-state index in [1.807, 2.05) is 0 Å². The van der Waals surface area contributed by atoms with E-state index in [2.05, 4.69) is 5.32 Å². The molecule has 0 aliphatic rings. The van der Waals surface area contributed by atoms with E-state index in [0.29, 0.717) is 24.9 Å². The number of nitrogens with one attached hydrogen (secondary N) is 1. The molecule has 0 fully saturated rings. The molecular weight excluding hydrogens is 298 g/mol. The first-order valence-corrected chi connectivity index (χ1v) is 7.23. The van der Waals surface area contributed by atoms with Gasteiger partial charge in [0.1, 0.15) is 23.0 Å². The minimum Gasteiger partial charge on any atom is -0.508 e. The Morgan fingerprint density at radius 3 is 1.65 bits per heavy atom. The summed E-state index contributed by atoms with van der Waals surface area (Å²) in [5.74, 6) is -0.268. The molecule has 122 valence electrons. The Morgan fingerprint density at radius 1 is 0.739 bits per heavy atom. The van der Waals surface area contributed by atoms with Crippen molar-refractivity contribution in [1.29, 1.82) is 0 Å². The first kappa shape index (κ1) is 16.5. The zero-order chi connectivity index (χ0) is 16.8. The number of carbonyl (C=O) groups is 1. The lowest BCUT2D eigenvalue weighted by atomic mass is 10.1. The molecule has 0 unspecified atom stereocenters. The summed E-state index contributed by atoms with van der Waals surface area (Å²) in [6.07, 6.45) is 1.12. The zero-order valence-corrected chi connectivity index (χ0v) is 12.5. The average Bonchev–Trinajstić information content (AvgIpc) is 2.43. The number of benzene rings is 2. The number of phenols is 4. The lowest BCUT2D eigenvalue weighted by Gasteiger charge is -2.07. The number of phenolic OH excluding ortho intramolecular Hbond substituents is 4. The molecular formula is C17H19NO5. The number of hydrogen-bond donors (Lipinski definition) is 5. The largest absolute Gasteiger partial charge is 0.508 e. The molecule has 1 amide bonds. The molecule has 2 aromatic rings. The highest BCUT2D eigenvalue weighted by molar-refractivity contribution is 5.76. The van der Waals surface area contributed by atoms with Crippen molar-refractivity contribution < 1.29 is 25.2 Å². The highest BCUT2D eigenvalue weighted by Gasteiger charge is 2.05. The molecule has 2 aromatic carbocycles. The van der Waals surface area contributed by atoms with E-state index in [0.717, 1.165) is 5.56 Å². The van der Waals surface area contributed by atoms with E-state index in [9.17, 15) is 25.2 Å². The highest BCUT2D eigenvalue weighted by Crippen LogP contribution is 2.21. The number of amides is 1. The smallest absolute Gasteiger partial charge is 0.220 e. The molecule has 0 spiro atoms. The zero-order valence-electron chi connectivity index (χ0n) is 12.5. The maximum Gasteiger partial charge on any atom is 0.220 e. The normalized spacial score (nSPS) is 10.4. The molecule has 0 saturated carbocycles. The van der Waals surface area contributed by atoms with E-state index in [-0.39, 0.29) is 35.3 Å². The van der Waals surface area contributed by atoms with Crippen LogP contribution in [0.5, 0.6) is 23.0 Å². The summed E-state index contributed by atoms with van der Waals surface area (Å²) in [5.41, 5.74) is 1.40. The highest BCUT2D eigenvalue weighted by atomic mass is 16.3. The van der Waals surface area contributed by atoms with Crippen LogP contribution in [-0.4, -0.2) is 32.9 Å². The van der Waals surface area contributed by atoms with E-state index in [1.165, 1.54) is 36.4 Å². The maximum atomic E-state index is 11.8. The molecule has 5 N–H and O–H groups in total. The molecule has 0 bridgehead atoms. The second kappa shape index (κ2) is 7.40. The molecule has 2 rings (SSSR count). The van der Waals surface area contributed by atoms with E-state index >= 15 is 0 Å². The van der Waals surface area contributed by atoms with Crippen LogP contribution < -0.4 is 5.32 Å². The molecule has 0 radical (unpaired) electrons. The van der Waals surface area contributed by atoms with Gasteiger partial charge in [-0.25, -0.2) is 0 Å². The standard InChI is InChI=1S/C17H19NO5/c19-13-5-11(6-14(20)9-13)1-2-17(23)18-4-3-12-7-15(21)10-16(22)8-12/h5-10,19-22H,1-4H2,(H,18,23). The summed E-state index contributed by atoms with van der Waals surface area (Å²) in [7, 11) is 0. The number of aromatic hydroxyl groups is 4. The molecule has 0 heterocycles. The molecule has 23 heavy (non-hydrogen) atoms. The third-order valence-corrected chi connectivity index (χ3v) is 3.30. The van der Waals surface area contributed by atoms with Gasteiger partial charge in [0.2, 0.25) is 5.91 Å². The predicted molar refractivity (Wildman–Crippen MR) is 84.6 cm³/mol. The van der Waals surface area contributed by atoms with Crippen molar-refractivity contribution in [3.05, 3.63) is 47.5 Å². The van der Waals surface area contributed by atoms with Gasteiger partial charge in [0.25, 0.3) is 0 Å². The van der Waals surface area contributed by atoms with Crippen LogP contribution in [0.1, 0.15) is 17.5 Å². The second-order valence-electron chi connectivity index (χ2n) is 5.32. The van der Waals surface area contributed by atoms with Gasteiger partial charge in [-0.1, -0.05) is 0 Å². The molecule has 6 heteroatoms. The van der Waals surface area contributed by atoms with Gasteiger partial charge in [0.15, 0.2) is 0 Å². The quantitative estimate of drug-likeness (QED) is 0.558. The molecule has 6 nitrogen and oxygen atoms in total. The third kappa shape index (κ3) is 5.43. The van der Waals surface area contributed by atoms with Gasteiger partial charge in [-0.2, -0.15) is 0 Å². The first-order valence-electron chi connectivity index (χ1n) is 7.23. The van der Waals surface area contributed by atoms with Crippen LogP contribution in [0.4, 0.5) is 0 Å². The van der Waals surface area contributed by atoms with E-state index in [1.54, 1.807) is 0 Å². The van der Waals surface area contributed by atoms with Crippen molar-refractivity contribution in [3.63, 3.8) is 0 Å². The van der Waals surface area contributed by atoms with E-state index < -0.39 is 0 Å². The summed E-state index contributed by atoms with van der Waals surface area (Å²) in [5, 5.41) is 40.2. The fourth-order valence-corrected chi connectivity index (χ4v) is 2.29. The molecule has 0 saturated heterocycles. The Bertz CT molecular complexity index is 659. The van der Waals surface area contributed by atoms with Crippen molar-refractivity contribution in [2.75, 3.05) is 6.54 Å². The van der Waals surface area contributed by atoms with Gasteiger partial charge in [-0.05, 0) is 48.2 Å². The van der Waals surface area contributed by atoms with Crippen LogP contribution >= 0.6 is 0 Å². The van der Waals surface area contributed by atoms with Crippen molar-refractivity contribution in [1.82, 2.24) is 5.32 Å². The van der Waals surface area contributed by atoms with Gasteiger partial charge in [0.05, 0.1) is 0 Å². The Hall–Kier alpha value is -2.89. The second-order valence-corrected chi connectivity index (χ2v) is 5.32. The topological polar surface area (TPSA) is 110 Å². The Morgan fingerprint density at radius 2 is 1.17 bits per heavy atom. The number of rotatable bonds is 6. The van der Waals surface area contributed by atoms with E-state index in [4.69, 9.17) is 0 Å². The Balaban J connectivity index is 1.76. The monoisotopic (exact) mass is 317 g/mol. The first-order chi connectivity index (χ1) is 10.9. The lowest BCUT2D eigenvalue weighted by molar-refractivity contribution is -0.121. The van der Waals surface area contributed by atoms with Crippen LogP contribution in [0.3, 0.4) is 0 Å². The summed E-state index contributed by atoms with van der Waals surface area (Å²) < 4.78 is 0. The maximum absolute atomic E-state index is 11.8. The lowest BCUT2D eigenvalue weighted by Crippen LogP contribution is -2.25. The van der Waals surface area contributed by atoms with Gasteiger partial charge >= 0.3 is 0 Å². The molecule has 0 aliphatic heterocycles. The van der Waals surface area contributed by atoms with Gasteiger partial charge in [0, 0.05) is 25.1 Å². The van der Waals surface area contributed by atoms with Crippen molar-refractivity contribution >= 4 is 5.91 Å². The third-order valence-electron chi connectivity index (χ3n) is 3.30. The molecule has 0 aliphatic carbocycles. The fraction of sp³-hybridized carbons (Fsp3) is 0.235. The molecule has 0 aromatic heterocycles. The summed E-state index contributed by atoms with van der Waals surface area (Å²) in [6, 6.07) is 8.54. The minimum atomic E-state index is -0.155. The van der Waals surface area contributed by atoms with Crippen LogP contribution in [0, 0.1) is 0 Å². The Kier molecular flexibility index (Phi) is 5.30.